The van der Waals surface area contributed by atoms with Crippen LogP contribution in [0.25, 0.3) is 0 Å². The molecule has 2 nitrogen and oxygen atoms in total. The van der Waals surface area contributed by atoms with Gasteiger partial charge in [-0.1, -0.05) is 6.07 Å². The van der Waals surface area contributed by atoms with E-state index in [0.717, 1.165) is 25.4 Å². The Labute approximate surface area is 131 Å². The molecule has 1 aromatic heterocycles. The minimum atomic E-state index is 0.725. The van der Waals surface area contributed by atoms with Crippen LogP contribution in [0.5, 0.6) is 5.75 Å². The van der Waals surface area contributed by atoms with Crippen LogP contribution in [0.15, 0.2) is 29.6 Å². The summed E-state index contributed by atoms with van der Waals surface area (Å²) in [6.07, 6.45) is 5.09. The topological polar surface area (TPSA) is 21.3 Å². The van der Waals surface area contributed by atoms with Crippen molar-refractivity contribution in [3.63, 3.8) is 0 Å². The largest absolute Gasteiger partial charge is 0.492 e. The maximum absolute atomic E-state index is 5.86. The summed E-state index contributed by atoms with van der Waals surface area (Å²) in [5, 5.41) is 5.60. The van der Waals surface area contributed by atoms with E-state index in [1.807, 2.05) is 11.3 Å². The lowest BCUT2D eigenvalue weighted by Gasteiger charge is -2.16. The van der Waals surface area contributed by atoms with Crippen LogP contribution in [0.3, 0.4) is 0 Å². The fourth-order valence-corrected chi connectivity index (χ4v) is 3.70. The van der Waals surface area contributed by atoms with Gasteiger partial charge in [0.25, 0.3) is 0 Å². The molecule has 0 saturated heterocycles. The second-order valence-electron chi connectivity index (χ2n) is 5.69. The van der Waals surface area contributed by atoms with Gasteiger partial charge in [-0.2, -0.15) is 0 Å². The smallest absolute Gasteiger partial charge is 0.119 e. The summed E-state index contributed by atoms with van der Waals surface area (Å²) in [7, 11) is 0. The van der Waals surface area contributed by atoms with Gasteiger partial charge >= 0.3 is 0 Å². The zero-order valence-electron chi connectivity index (χ0n) is 12.7. The molecule has 0 aliphatic heterocycles. The molecule has 0 atom stereocenters. The summed E-state index contributed by atoms with van der Waals surface area (Å²) in [6.45, 7) is 4.71. The summed E-state index contributed by atoms with van der Waals surface area (Å²) >= 11 is 1.82. The van der Waals surface area contributed by atoms with Gasteiger partial charge in [-0.15, -0.1) is 11.3 Å². The van der Waals surface area contributed by atoms with E-state index >= 15 is 0 Å². The average molecular weight is 301 g/mol. The summed E-state index contributed by atoms with van der Waals surface area (Å²) in [6, 6.07) is 8.77. The van der Waals surface area contributed by atoms with E-state index in [1.165, 1.54) is 47.3 Å². The van der Waals surface area contributed by atoms with Crippen molar-refractivity contribution in [3.8, 4) is 5.75 Å². The first-order valence-electron chi connectivity index (χ1n) is 7.81. The number of fused-ring (bicyclic) bond motifs is 1. The average Bonchev–Trinajstić information content (AvgIpc) is 2.92. The Bertz CT molecular complexity index is 591. The van der Waals surface area contributed by atoms with Crippen LogP contribution in [-0.4, -0.2) is 13.2 Å². The molecule has 2 aromatic rings. The van der Waals surface area contributed by atoms with Gasteiger partial charge < -0.3 is 10.1 Å². The third kappa shape index (κ3) is 3.86. The molecule has 1 heterocycles. The second-order valence-corrected chi connectivity index (χ2v) is 6.69. The highest BCUT2D eigenvalue weighted by Gasteiger charge is 2.09. The molecule has 1 aliphatic carbocycles. The molecular weight excluding hydrogens is 278 g/mol. The van der Waals surface area contributed by atoms with Crippen LogP contribution in [0.4, 0.5) is 0 Å². The van der Waals surface area contributed by atoms with E-state index in [-0.39, 0.29) is 0 Å². The van der Waals surface area contributed by atoms with Gasteiger partial charge in [-0.05, 0) is 72.9 Å². The fraction of sp³-hybridized carbons (Fsp3) is 0.444. The predicted octanol–water partition coefficient (Wildman–Crippen LogP) is 4.10. The Hall–Kier alpha value is -1.32. The van der Waals surface area contributed by atoms with Gasteiger partial charge in [0.2, 0.25) is 0 Å². The van der Waals surface area contributed by atoms with Crippen molar-refractivity contribution in [1.82, 2.24) is 5.32 Å². The minimum absolute atomic E-state index is 0.725. The predicted molar refractivity (Wildman–Crippen MR) is 89.3 cm³/mol. The molecule has 0 unspecified atom stereocenters. The zero-order chi connectivity index (χ0) is 14.5. The van der Waals surface area contributed by atoms with Crippen molar-refractivity contribution in [3.05, 3.63) is 51.2 Å². The zero-order valence-corrected chi connectivity index (χ0v) is 13.5. The Morgan fingerprint density at radius 3 is 2.81 bits per heavy atom. The van der Waals surface area contributed by atoms with Crippen LogP contribution in [0, 0.1) is 6.92 Å². The molecule has 0 spiro atoms. The van der Waals surface area contributed by atoms with E-state index in [9.17, 15) is 0 Å². The maximum Gasteiger partial charge on any atom is 0.119 e. The van der Waals surface area contributed by atoms with E-state index in [2.05, 4.69) is 41.9 Å². The van der Waals surface area contributed by atoms with Crippen molar-refractivity contribution in [2.75, 3.05) is 13.2 Å². The molecule has 112 valence electrons. The summed E-state index contributed by atoms with van der Waals surface area (Å²) in [5.41, 5.74) is 4.38. The second kappa shape index (κ2) is 7.10. The van der Waals surface area contributed by atoms with Gasteiger partial charge in [0.15, 0.2) is 0 Å². The minimum Gasteiger partial charge on any atom is -0.492 e. The lowest BCUT2D eigenvalue weighted by molar-refractivity contribution is 0.313. The number of aryl methyl sites for hydroxylation is 3. The molecule has 1 aromatic carbocycles. The van der Waals surface area contributed by atoms with E-state index in [1.54, 1.807) is 0 Å². The molecule has 0 amide bonds. The number of rotatable bonds is 6. The molecule has 0 fully saturated rings. The molecular formula is C18H23NOS. The highest BCUT2D eigenvalue weighted by molar-refractivity contribution is 7.10. The number of hydrogen-bond donors (Lipinski definition) is 1. The molecule has 0 radical (unpaired) electrons. The molecule has 21 heavy (non-hydrogen) atoms. The number of hydrogen-bond acceptors (Lipinski definition) is 3. The Kier molecular flexibility index (Phi) is 4.94. The number of thiophene rings is 1. The van der Waals surface area contributed by atoms with Crippen LogP contribution in [0.2, 0.25) is 0 Å². The Morgan fingerprint density at radius 1 is 1.14 bits per heavy atom. The normalized spacial score (nSPS) is 14.0. The van der Waals surface area contributed by atoms with E-state index < -0.39 is 0 Å². The quantitative estimate of drug-likeness (QED) is 0.811. The SMILES string of the molecule is Cc1ccsc1CNCCOc1ccc2c(c1)CCCC2. The standard InChI is InChI=1S/C18H23NOS/c1-14-8-11-21-18(14)13-19-9-10-20-17-7-6-15-4-2-3-5-16(15)12-17/h6-8,11-12,19H,2-5,9-10,13H2,1H3. The van der Waals surface area contributed by atoms with Crippen molar-refractivity contribution in [2.45, 2.75) is 39.2 Å². The number of nitrogens with one attached hydrogen (secondary N) is 1. The molecule has 0 bridgehead atoms. The van der Waals surface area contributed by atoms with Crippen molar-refractivity contribution >= 4 is 11.3 Å². The molecule has 1 N–H and O–H groups in total. The highest BCUT2D eigenvalue weighted by Crippen LogP contribution is 2.25. The van der Waals surface area contributed by atoms with Crippen LogP contribution < -0.4 is 10.1 Å². The first kappa shape index (κ1) is 14.6. The fourth-order valence-electron chi connectivity index (χ4n) is 2.83. The Morgan fingerprint density at radius 2 is 2.00 bits per heavy atom. The number of ether oxygens (including phenoxy) is 1. The monoisotopic (exact) mass is 301 g/mol. The van der Waals surface area contributed by atoms with Gasteiger partial charge in [0.1, 0.15) is 12.4 Å². The van der Waals surface area contributed by atoms with E-state index in [4.69, 9.17) is 4.74 Å². The van der Waals surface area contributed by atoms with Gasteiger partial charge in [0, 0.05) is 18.0 Å². The highest BCUT2D eigenvalue weighted by atomic mass is 32.1. The maximum atomic E-state index is 5.86. The first-order chi connectivity index (χ1) is 10.3. The van der Waals surface area contributed by atoms with Gasteiger partial charge in [-0.3, -0.25) is 0 Å². The van der Waals surface area contributed by atoms with Gasteiger partial charge in [-0.25, -0.2) is 0 Å². The third-order valence-electron chi connectivity index (χ3n) is 4.12. The molecule has 1 aliphatic rings. The molecule has 0 saturated carbocycles. The molecule has 3 heteroatoms. The first-order valence-corrected chi connectivity index (χ1v) is 8.69. The van der Waals surface area contributed by atoms with Gasteiger partial charge in [0.05, 0.1) is 0 Å². The number of benzene rings is 1. The van der Waals surface area contributed by atoms with Crippen molar-refractivity contribution < 1.29 is 4.74 Å². The van der Waals surface area contributed by atoms with Crippen LogP contribution in [0.1, 0.15) is 34.4 Å². The lowest BCUT2D eigenvalue weighted by Crippen LogP contribution is -2.20. The Balaban J connectivity index is 1.42. The lowest BCUT2D eigenvalue weighted by atomic mass is 9.92. The summed E-state index contributed by atoms with van der Waals surface area (Å²) in [5.74, 6) is 1.02. The van der Waals surface area contributed by atoms with E-state index in [0.29, 0.717) is 0 Å². The van der Waals surface area contributed by atoms with Crippen LogP contribution >= 0.6 is 11.3 Å². The van der Waals surface area contributed by atoms with Crippen molar-refractivity contribution in [1.29, 1.82) is 0 Å². The van der Waals surface area contributed by atoms with Crippen molar-refractivity contribution in [2.24, 2.45) is 0 Å². The van der Waals surface area contributed by atoms with Crippen LogP contribution in [-0.2, 0) is 19.4 Å². The third-order valence-corrected chi connectivity index (χ3v) is 5.14. The summed E-state index contributed by atoms with van der Waals surface area (Å²) < 4.78 is 5.86. The summed E-state index contributed by atoms with van der Waals surface area (Å²) in [4.78, 5) is 1.42. The molecule has 3 rings (SSSR count).